The Balaban J connectivity index is 0.00000147. The fourth-order valence-corrected chi connectivity index (χ4v) is 2.68. The van der Waals surface area contributed by atoms with E-state index in [1.807, 2.05) is 28.9 Å². The first-order valence-electron chi connectivity index (χ1n) is 6.72. The van der Waals surface area contributed by atoms with Gasteiger partial charge in [-0.15, -0.1) is 5.10 Å². The minimum Gasteiger partial charge on any atom is -0.394 e. The summed E-state index contributed by atoms with van der Waals surface area (Å²) in [5.74, 6) is 0.884. The lowest BCUT2D eigenvalue weighted by atomic mass is 10.3. The maximum absolute atomic E-state index is 8.97. The van der Waals surface area contributed by atoms with Gasteiger partial charge in [0.2, 0.25) is 0 Å². The van der Waals surface area contributed by atoms with E-state index in [9.17, 15) is 0 Å². The lowest BCUT2D eigenvalue weighted by Gasteiger charge is -2.32. The molecule has 2 aromatic rings. The van der Waals surface area contributed by atoms with Crippen molar-refractivity contribution in [2.75, 3.05) is 50.0 Å². The standard InChI is InChI=1S/C13H19N5O.CH3/c14-12-11-3-1-2-4-18(11)15-13(12)17-7-5-16(6-8-17)9-10-19;/h1-4,19H,5-10,14H2;1H3/q;-1/p+1. The highest BCUT2D eigenvalue weighted by molar-refractivity contribution is 5.81. The predicted molar refractivity (Wildman–Crippen MR) is 80.9 cm³/mol. The molecule has 1 aliphatic heterocycles. The van der Waals surface area contributed by atoms with Gasteiger partial charge in [-0.3, -0.25) is 0 Å². The van der Waals surface area contributed by atoms with Crippen molar-refractivity contribution in [2.24, 2.45) is 0 Å². The molecule has 4 N–H and O–H groups in total. The van der Waals surface area contributed by atoms with Gasteiger partial charge in [-0.05, 0) is 12.1 Å². The zero-order chi connectivity index (χ0) is 13.2. The molecule has 6 heteroatoms. The molecule has 0 saturated carbocycles. The van der Waals surface area contributed by atoms with Crippen LogP contribution in [0.2, 0.25) is 0 Å². The van der Waals surface area contributed by atoms with Crippen LogP contribution in [-0.4, -0.2) is 54.1 Å². The number of aliphatic hydroxyl groups is 1. The third kappa shape index (κ3) is 2.57. The number of hydrogen-bond acceptors (Lipinski definition) is 4. The lowest BCUT2D eigenvalue weighted by molar-refractivity contribution is -0.900. The summed E-state index contributed by atoms with van der Waals surface area (Å²) in [7, 11) is 0. The summed E-state index contributed by atoms with van der Waals surface area (Å²) in [6, 6.07) is 5.91. The van der Waals surface area contributed by atoms with Crippen LogP contribution in [-0.2, 0) is 0 Å². The largest absolute Gasteiger partial charge is 0.394 e. The first-order valence-corrected chi connectivity index (χ1v) is 6.72. The number of nitrogens with zero attached hydrogens (tertiary/aromatic N) is 3. The van der Waals surface area contributed by atoms with Crippen LogP contribution < -0.4 is 15.5 Å². The van der Waals surface area contributed by atoms with Crippen molar-refractivity contribution in [2.45, 2.75) is 0 Å². The summed E-state index contributed by atoms with van der Waals surface area (Å²) in [5.41, 5.74) is 7.91. The molecule has 0 aliphatic carbocycles. The van der Waals surface area contributed by atoms with Crippen molar-refractivity contribution in [3.63, 3.8) is 0 Å². The first kappa shape index (κ1) is 14.6. The van der Waals surface area contributed by atoms with Gasteiger partial charge in [0.1, 0.15) is 12.2 Å². The Kier molecular flexibility index (Phi) is 4.46. The summed E-state index contributed by atoms with van der Waals surface area (Å²) in [4.78, 5) is 3.68. The predicted octanol–water partition coefficient (Wildman–Crippen LogP) is -0.936. The van der Waals surface area contributed by atoms with Crippen molar-refractivity contribution in [3.05, 3.63) is 31.8 Å². The SMILES string of the molecule is Nc1c(N2CC[NH+](CCO)CC2)nn2ccccc12.[CH3-]. The van der Waals surface area contributed by atoms with E-state index in [2.05, 4.69) is 10.00 Å². The summed E-state index contributed by atoms with van der Waals surface area (Å²) < 4.78 is 1.83. The van der Waals surface area contributed by atoms with Crippen LogP contribution in [0.25, 0.3) is 5.52 Å². The smallest absolute Gasteiger partial charge is 0.175 e. The topological polar surface area (TPSA) is 71.2 Å². The van der Waals surface area contributed by atoms with Gasteiger partial charge in [0.25, 0.3) is 0 Å². The summed E-state index contributed by atoms with van der Waals surface area (Å²) in [5, 5.41) is 13.5. The van der Waals surface area contributed by atoms with Crippen molar-refractivity contribution < 1.29 is 10.0 Å². The number of nitrogen functional groups attached to an aromatic ring is 1. The van der Waals surface area contributed by atoms with E-state index in [-0.39, 0.29) is 14.0 Å². The molecule has 0 bridgehead atoms. The first-order chi connectivity index (χ1) is 9.29. The number of nitrogens with two attached hydrogens (primary N) is 1. The molecular formula is C14H23N5O. The van der Waals surface area contributed by atoms with Crippen LogP contribution in [0, 0.1) is 7.43 Å². The average Bonchev–Trinajstić information content (AvgIpc) is 2.78. The van der Waals surface area contributed by atoms with Gasteiger partial charge in [-0.25, -0.2) is 4.52 Å². The average molecular weight is 277 g/mol. The molecule has 6 nitrogen and oxygen atoms in total. The lowest BCUT2D eigenvalue weighted by Crippen LogP contribution is -3.15. The van der Waals surface area contributed by atoms with Gasteiger partial charge in [-0.2, -0.15) is 0 Å². The Morgan fingerprint density at radius 3 is 2.70 bits per heavy atom. The second kappa shape index (κ2) is 6.11. The molecule has 3 heterocycles. The second-order valence-corrected chi connectivity index (χ2v) is 4.98. The Morgan fingerprint density at radius 2 is 2.05 bits per heavy atom. The quantitative estimate of drug-likeness (QED) is 0.634. The van der Waals surface area contributed by atoms with Crippen LogP contribution in [0.5, 0.6) is 0 Å². The van der Waals surface area contributed by atoms with Crippen LogP contribution in [0.15, 0.2) is 24.4 Å². The van der Waals surface area contributed by atoms with Gasteiger partial charge >= 0.3 is 0 Å². The normalized spacial score (nSPS) is 16.4. The Labute approximate surface area is 119 Å². The maximum atomic E-state index is 8.97. The molecule has 0 radical (unpaired) electrons. The Bertz CT molecular complexity index is 560. The van der Waals surface area contributed by atoms with Gasteiger partial charge in [0.05, 0.1) is 38.3 Å². The molecule has 0 unspecified atom stereocenters. The number of aliphatic hydroxyl groups excluding tert-OH is 1. The van der Waals surface area contributed by atoms with Gasteiger partial charge in [-0.1, -0.05) is 6.07 Å². The minimum absolute atomic E-state index is 0. The Morgan fingerprint density at radius 1 is 1.30 bits per heavy atom. The molecule has 20 heavy (non-hydrogen) atoms. The fraction of sp³-hybridized carbons (Fsp3) is 0.429. The number of rotatable bonds is 3. The third-order valence-corrected chi connectivity index (χ3v) is 3.79. The van der Waals surface area contributed by atoms with E-state index in [1.54, 1.807) is 0 Å². The van der Waals surface area contributed by atoms with Gasteiger partial charge < -0.3 is 28.1 Å². The molecule has 1 aliphatic rings. The highest BCUT2D eigenvalue weighted by Gasteiger charge is 2.23. The second-order valence-electron chi connectivity index (χ2n) is 4.98. The number of pyridine rings is 1. The van der Waals surface area contributed by atoms with E-state index in [0.717, 1.165) is 49.7 Å². The van der Waals surface area contributed by atoms with Crippen LogP contribution in [0.3, 0.4) is 0 Å². The molecule has 1 saturated heterocycles. The zero-order valence-corrected chi connectivity index (χ0v) is 11.9. The van der Waals surface area contributed by atoms with E-state index >= 15 is 0 Å². The summed E-state index contributed by atoms with van der Waals surface area (Å²) >= 11 is 0. The van der Waals surface area contributed by atoms with Crippen molar-refractivity contribution in [3.8, 4) is 0 Å². The van der Waals surface area contributed by atoms with Crippen LogP contribution >= 0.6 is 0 Å². The molecule has 0 aromatic carbocycles. The maximum Gasteiger partial charge on any atom is 0.175 e. The number of aromatic nitrogens is 2. The summed E-state index contributed by atoms with van der Waals surface area (Å²) in [6.45, 7) is 4.99. The molecule has 1 fully saturated rings. The van der Waals surface area contributed by atoms with E-state index in [4.69, 9.17) is 10.8 Å². The monoisotopic (exact) mass is 277 g/mol. The van der Waals surface area contributed by atoms with Crippen molar-refractivity contribution in [1.29, 1.82) is 0 Å². The van der Waals surface area contributed by atoms with E-state index < -0.39 is 0 Å². The molecule has 3 rings (SSSR count). The van der Waals surface area contributed by atoms with E-state index in [1.165, 1.54) is 4.90 Å². The van der Waals surface area contributed by atoms with E-state index in [0.29, 0.717) is 0 Å². The highest BCUT2D eigenvalue weighted by Crippen LogP contribution is 2.26. The van der Waals surface area contributed by atoms with Crippen molar-refractivity contribution in [1.82, 2.24) is 9.61 Å². The van der Waals surface area contributed by atoms with Crippen LogP contribution in [0.1, 0.15) is 0 Å². The third-order valence-electron chi connectivity index (χ3n) is 3.79. The highest BCUT2D eigenvalue weighted by atomic mass is 16.3. The fourth-order valence-electron chi connectivity index (χ4n) is 2.68. The number of quaternary nitrogens is 1. The van der Waals surface area contributed by atoms with Crippen LogP contribution in [0.4, 0.5) is 11.5 Å². The minimum atomic E-state index is 0. The number of hydrogen-bond donors (Lipinski definition) is 3. The number of nitrogens with one attached hydrogen (secondary N) is 1. The Hall–Kier alpha value is -1.79. The number of fused-ring (bicyclic) bond motifs is 1. The summed E-state index contributed by atoms with van der Waals surface area (Å²) in [6.07, 6.45) is 1.92. The number of piperazine rings is 1. The molecule has 0 amide bonds. The molecular weight excluding hydrogens is 254 g/mol. The zero-order valence-electron chi connectivity index (χ0n) is 11.9. The molecule has 110 valence electrons. The molecule has 2 aromatic heterocycles. The van der Waals surface area contributed by atoms with Gasteiger partial charge in [0.15, 0.2) is 5.82 Å². The molecule has 0 atom stereocenters. The van der Waals surface area contributed by atoms with Gasteiger partial charge in [0, 0.05) is 6.20 Å². The number of anilines is 2. The molecule has 0 spiro atoms. The van der Waals surface area contributed by atoms with Crippen molar-refractivity contribution >= 4 is 17.0 Å².